The van der Waals surface area contributed by atoms with Crippen LogP contribution in [-0.2, 0) is 10.0 Å². The minimum absolute atomic E-state index is 0.0244. The van der Waals surface area contributed by atoms with E-state index in [4.69, 9.17) is 0 Å². The van der Waals surface area contributed by atoms with Crippen molar-refractivity contribution < 1.29 is 26.0 Å². The number of hydrogen-bond donors (Lipinski definition) is 1. The molecule has 0 saturated heterocycles. The van der Waals surface area contributed by atoms with E-state index in [0.29, 0.717) is 23.5 Å². The van der Waals surface area contributed by atoms with Gasteiger partial charge in [-0.25, -0.2) is 22.8 Å². The molecule has 1 aromatic carbocycles. The predicted molar refractivity (Wildman–Crippen MR) is 111 cm³/mol. The van der Waals surface area contributed by atoms with Crippen molar-refractivity contribution in [3.05, 3.63) is 42.0 Å². The van der Waals surface area contributed by atoms with E-state index in [1.54, 1.807) is 10.8 Å². The molecule has 2 heterocycles. The number of benzene rings is 1. The second kappa shape index (κ2) is 8.39. The molecule has 12 heteroatoms. The maximum atomic E-state index is 13.9. The molecule has 174 valence electrons. The van der Waals surface area contributed by atoms with E-state index in [2.05, 4.69) is 16.0 Å². The molecule has 0 spiro atoms. The Hall–Kier alpha value is -3.04. The lowest BCUT2D eigenvalue weighted by Gasteiger charge is -2.18. The first-order chi connectivity index (χ1) is 15.5. The molecule has 3 aromatic rings. The molecule has 33 heavy (non-hydrogen) atoms. The van der Waals surface area contributed by atoms with Gasteiger partial charge in [0, 0.05) is 11.4 Å². The molecule has 1 N–H and O–H groups in total. The van der Waals surface area contributed by atoms with Crippen molar-refractivity contribution in [1.29, 1.82) is 5.26 Å². The van der Waals surface area contributed by atoms with E-state index in [1.807, 2.05) is 4.57 Å². The van der Waals surface area contributed by atoms with E-state index in [0.717, 1.165) is 38.1 Å². The molecule has 1 aliphatic carbocycles. The molecule has 7 nitrogen and oxygen atoms in total. The van der Waals surface area contributed by atoms with Gasteiger partial charge in [-0.05, 0) is 38.0 Å². The lowest BCUT2D eigenvalue weighted by molar-refractivity contribution is -0.147. The standard InChI is InChI=1S/C21H19F4N5O2S/c1-12(21(23,24)25)29-33(31,32)15-10-27-20(28-11-15)19-17(9-26)16-8-13(22)6-7-18(16)30(19)14-4-2-3-5-14/h6-8,10-12,14,29H,2-5H2,1H3/t12-/m0/s1. The summed E-state index contributed by atoms with van der Waals surface area (Å²) >= 11 is 0. The fraction of sp³-hybridized carbons (Fsp3) is 0.381. The third kappa shape index (κ3) is 4.30. The highest BCUT2D eigenvalue weighted by Gasteiger charge is 2.39. The largest absolute Gasteiger partial charge is 0.404 e. The zero-order valence-corrected chi connectivity index (χ0v) is 18.2. The molecule has 4 rings (SSSR count). The Morgan fingerprint density at radius 3 is 2.42 bits per heavy atom. The van der Waals surface area contributed by atoms with E-state index in [9.17, 15) is 31.2 Å². The van der Waals surface area contributed by atoms with Gasteiger partial charge in [0.05, 0.1) is 23.5 Å². The maximum Gasteiger partial charge on any atom is 0.404 e. The number of nitrogens with one attached hydrogen (secondary N) is 1. The van der Waals surface area contributed by atoms with Gasteiger partial charge in [0.15, 0.2) is 5.82 Å². The van der Waals surface area contributed by atoms with Gasteiger partial charge in [-0.1, -0.05) is 12.8 Å². The molecule has 0 bridgehead atoms. The van der Waals surface area contributed by atoms with E-state index >= 15 is 0 Å². The third-order valence-corrected chi connectivity index (χ3v) is 7.24. The van der Waals surface area contributed by atoms with Crippen LogP contribution in [-0.4, -0.2) is 35.2 Å². The molecule has 0 unspecified atom stereocenters. The maximum absolute atomic E-state index is 13.9. The zero-order valence-electron chi connectivity index (χ0n) is 17.4. The molecule has 0 aliphatic heterocycles. The minimum atomic E-state index is -4.76. The Balaban J connectivity index is 1.81. The summed E-state index contributed by atoms with van der Waals surface area (Å²) in [4.78, 5) is 7.59. The highest BCUT2D eigenvalue weighted by molar-refractivity contribution is 7.89. The van der Waals surface area contributed by atoms with Gasteiger partial charge >= 0.3 is 6.18 Å². The topological polar surface area (TPSA) is 101 Å². The summed E-state index contributed by atoms with van der Waals surface area (Å²) in [6.07, 6.45) is 0.669. The summed E-state index contributed by atoms with van der Waals surface area (Å²) < 4.78 is 80.3. The van der Waals surface area contributed by atoms with Crippen LogP contribution in [0.4, 0.5) is 17.6 Å². The Bertz CT molecular complexity index is 1340. The highest BCUT2D eigenvalue weighted by atomic mass is 32.2. The van der Waals surface area contributed by atoms with Crippen molar-refractivity contribution in [2.75, 3.05) is 0 Å². The minimum Gasteiger partial charge on any atom is -0.334 e. The molecule has 1 atom stereocenters. The van der Waals surface area contributed by atoms with Gasteiger partial charge in [-0.15, -0.1) is 0 Å². The second-order valence-electron chi connectivity index (χ2n) is 7.93. The number of sulfonamides is 1. The number of nitriles is 1. The number of alkyl halides is 3. The molecule has 0 radical (unpaired) electrons. The van der Waals surface area contributed by atoms with Gasteiger partial charge in [-0.2, -0.15) is 23.2 Å². The Morgan fingerprint density at radius 1 is 1.21 bits per heavy atom. The molecular weight excluding hydrogens is 462 g/mol. The van der Waals surface area contributed by atoms with E-state index in [1.165, 1.54) is 12.1 Å². The smallest absolute Gasteiger partial charge is 0.334 e. The number of halogens is 4. The molecule has 1 fully saturated rings. The Morgan fingerprint density at radius 2 is 1.85 bits per heavy atom. The quantitative estimate of drug-likeness (QED) is 0.543. The summed E-state index contributed by atoms with van der Waals surface area (Å²) in [5.74, 6) is -0.487. The molecule has 0 amide bonds. The van der Waals surface area contributed by atoms with Crippen molar-refractivity contribution in [3.63, 3.8) is 0 Å². The summed E-state index contributed by atoms with van der Waals surface area (Å²) in [5, 5.41) is 10.2. The van der Waals surface area contributed by atoms with E-state index < -0.39 is 33.0 Å². The highest BCUT2D eigenvalue weighted by Crippen LogP contribution is 2.40. The van der Waals surface area contributed by atoms with Gasteiger partial charge < -0.3 is 4.57 Å². The van der Waals surface area contributed by atoms with Crippen molar-refractivity contribution >= 4 is 20.9 Å². The van der Waals surface area contributed by atoms with Crippen LogP contribution in [0.15, 0.2) is 35.5 Å². The van der Waals surface area contributed by atoms with Crippen LogP contribution < -0.4 is 4.72 Å². The summed E-state index contributed by atoms with van der Waals surface area (Å²) in [6, 6.07) is 3.92. The van der Waals surface area contributed by atoms with Gasteiger partial charge in [0.1, 0.15) is 28.5 Å². The van der Waals surface area contributed by atoms with Gasteiger partial charge in [-0.3, -0.25) is 0 Å². The lowest BCUT2D eigenvalue weighted by atomic mass is 10.1. The molecular formula is C21H19F4N5O2S. The number of fused-ring (bicyclic) bond motifs is 1. The average molecular weight is 481 g/mol. The number of nitrogens with zero attached hydrogens (tertiary/aromatic N) is 4. The second-order valence-corrected chi connectivity index (χ2v) is 9.65. The predicted octanol–water partition coefficient (Wildman–Crippen LogP) is 4.45. The Kier molecular flexibility index (Phi) is 5.88. The first-order valence-corrected chi connectivity index (χ1v) is 11.7. The summed E-state index contributed by atoms with van der Waals surface area (Å²) in [7, 11) is -4.53. The summed E-state index contributed by atoms with van der Waals surface area (Å²) in [6.45, 7) is 0.686. The number of hydrogen-bond acceptors (Lipinski definition) is 5. The van der Waals surface area contributed by atoms with Gasteiger partial charge in [0.25, 0.3) is 0 Å². The van der Waals surface area contributed by atoms with Crippen LogP contribution in [0.3, 0.4) is 0 Å². The van der Waals surface area contributed by atoms with Crippen LogP contribution in [0, 0.1) is 17.1 Å². The van der Waals surface area contributed by atoms with Crippen LogP contribution in [0.5, 0.6) is 0 Å². The third-order valence-electron chi connectivity index (χ3n) is 5.74. The van der Waals surface area contributed by atoms with Crippen molar-refractivity contribution in [2.45, 2.75) is 55.8 Å². The fourth-order valence-corrected chi connectivity index (χ4v) is 5.22. The van der Waals surface area contributed by atoms with Crippen molar-refractivity contribution in [1.82, 2.24) is 19.3 Å². The van der Waals surface area contributed by atoms with Crippen molar-refractivity contribution in [2.24, 2.45) is 0 Å². The van der Waals surface area contributed by atoms with Crippen molar-refractivity contribution in [3.8, 4) is 17.6 Å². The van der Waals surface area contributed by atoms with Gasteiger partial charge in [0.2, 0.25) is 10.0 Å². The van der Waals surface area contributed by atoms with Crippen LogP contribution >= 0.6 is 0 Å². The lowest BCUT2D eigenvalue weighted by Crippen LogP contribution is -2.43. The summed E-state index contributed by atoms with van der Waals surface area (Å²) in [5.41, 5.74) is 1.11. The number of rotatable bonds is 5. The molecule has 2 aromatic heterocycles. The first-order valence-electron chi connectivity index (χ1n) is 10.2. The average Bonchev–Trinajstić information content (AvgIpc) is 3.38. The normalized spacial score (nSPS) is 16.2. The fourth-order valence-electron chi connectivity index (χ4n) is 4.11. The Labute approximate surface area is 187 Å². The van der Waals surface area contributed by atoms with Crippen LogP contribution in [0.25, 0.3) is 22.4 Å². The monoisotopic (exact) mass is 481 g/mol. The number of aromatic nitrogens is 3. The van der Waals surface area contributed by atoms with E-state index in [-0.39, 0.29) is 17.4 Å². The van der Waals surface area contributed by atoms with Crippen LogP contribution in [0.1, 0.15) is 44.2 Å². The SMILES string of the molecule is C[C@H](NS(=O)(=O)c1cnc(-c2c(C#N)c3cc(F)ccc3n2C2CCCC2)nc1)C(F)(F)F. The molecule has 1 aliphatic rings. The first kappa shape index (κ1) is 23.1. The van der Waals surface area contributed by atoms with Crippen LogP contribution in [0.2, 0.25) is 0 Å². The molecule has 1 saturated carbocycles. The zero-order chi connectivity index (χ0) is 24.0.